The topological polar surface area (TPSA) is 32.3 Å². The van der Waals surface area contributed by atoms with Crippen molar-refractivity contribution in [3.63, 3.8) is 0 Å². The summed E-state index contributed by atoms with van der Waals surface area (Å²) in [6, 6.07) is 8.11. The molecule has 1 aliphatic heterocycles. The van der Waals surface area contributed by atoms with E-state index < -0.39 is 0 Å². The molecule has 1 fully saturated rings. The van der Waals surface area contributed by atoms with E-state index in [-0.39, 0.29) is 11.8 Å². The number of hydrogen-bond acceptors (Lipinski definition) is 2. The quantitative estimate of drug-likeness (QED) is 0.923. The fourth-order valence-corrected chi connectivity index (χ4v) is 2.82. The van der Waals surface area contributed by atoms with E-state index in [0.29, 0.717) is 12.6 Å². The predicted octanol–water partition coefficient (Wildman–Crippen LogP) is 2.69. The van der Waals surface area contributed by atoms with Crippen LogP contribution in [0.15, 0.2) is 24.3 Å². The zero-order valence-electron chi connectivity index (χ0n) is 11.5. The summed E-state index contributed by atoms with van der Waals surface area (Å²) < 4.78 is 0. The van der Waals surface area contributed by atoms with E-state index in [1.54, 1.807) is 4.90 Å². The number of carbonyl (C=O) groups excluding carboxylic acids is 1. The molecule has 3 nitrogen and oxygen atoms in total. The van der Waals surface area contributed by atoms with Crippen LogP contribution in [0.5, 0.6) is 0 Å². The van der Waals surface area contributed by atoms with Gasteiger partial charge in [0, 0.05) is 30.6 Å². The summed E-state index contributed by atoms with van der Waals surface area (Å²) >= 11 is 6.13. The normalized spacial score (nSPS) is 23.1. The van der Waals surface area contributed by atoms with Gasteiger partial charge in [0.2, 0.25) is 5.91 Å². The molecule has 1 aromatic rings. The first-order valence-corrected chi connectivity index (χ1v) is 7.17. The van der Waals surface area contributed by atoms with Crippen LogP contribution in [0.25, 0.3) is 0 Å². The number of benzene rings is 1. The number of hydrogen-bond donors (Lipinski definition) is 1. The Bertz CT molecular complexity index is 450. The molecule has 0 spiro atoms. The maximum absolute atomic E-state index is 12.4. The van der Waals surface area contributed by atoms with Crippen LogP contribution in [0.4, 0.5) is 0 Å². The summed E-state index contributed by atoms with van der Waals surface area (Å²) in [6.07, 6.45) is 1.85. The lowest BCUT2D eigenvalue weighted by molar-refractivity contribution is -0.135. The Balaban J connectivity index is 1.97. The van der Waals surface area contributed by atoms with E-state index >= 15 is 0 Å². The monoisotopic (exact) mass is 280 g/mol. The average molecular weight is 281 g/mol. The largest absolute Gasteiger partial charge is 0.341 e. The second kappa shape index (κ2) is 6.40. The second-order valence-corrected chi connectivity index (χ2v) is 5.77. The zero-order valence-corrected chi connectivity index (χ0v) is 12.3. The highest BCUT2D eigenvalue weighted by Crippen LogP contribution is 2.21. The lowest BCUT2D eigenvalue weighted by Gasteiger charge is -2.30. The van der Waals surface area contributed by atoms with Gasteiger partial charge >= 0.3 is 0 Å². The zero-order chi connectivity index (χ0) is 13.8. The smallest absolute Gasteiger partial charge is 0.225 e. The molecule has 1 heterocycles. The molecule has 2 atom stereocenters. The van der Waals surface area contributed by atoms with Gasteiger partial charge in [0.1, 0.15) is 0 Å². The van der Waals surface area contributed by atoms with Gasteiger partial charge in [-0.05, 0) is 37.9 Å². The van der Waals surface area contributed by atoms with Crippen LogP contribution in [0.3, 0.4) is 0 Å². The van der Waals surface area contributed by atoms with Gasteiger partial charge in [-0.3, -0.25) is 4.79 Å². The van der Waals surface area contributed by atoms with Crippen molar-refractivity contribution >= 4 is 17.5 Å². The number of rotatable bonds is 3. The maximum atomic E-state index is 12.4. The van der Waals surface area contributed by atoms with Crippen molar-refractivity contribution in [2.24, 2.45) is 5.92 Å². The first kappa shape index (κ1) is 14.4. The molecule has 1 aromatic carbocycles. The SMILES string of the molecule is CC1CC(C(=O)N(C)Cc2ccccc2Cl)CCN1. The molecule has 1 saturated heterocycles. The van der Waals surface area contributed by atoms with Gasteiger partial charge < -0.3 is 10.2 Å². The van der Waals surface area contributed by atoms with Gasteiger partial charge in [-0.25, -0.2) is 0 Å². The van der Waals surface area contributed by atoms with Crippen LogP contribution >= 0.6 is 11.6 Å². The number of piperidine rings is 1. The van der Waals surface area contributed by atoms with Crippen molar-refractivity contribution in [2.45, 2.75) is 32.4 Å². The van der Waals surface area contributed by atoms with Crippen molar-refractivity contribution < 1.29 is 4.79 Å². The van der Waals surface area contributed by atoms with E-state index in [4.69, 9.17) is 11.6 Å². The number of halogens is 1. The maximum Gasteiger partial charge on any atom is 0.225 e. The van der Waals surface area contributed by atoms with Gasteiger partial charge in [0.05, 0.1) is 0 Å². The molecule has 2 unspecified atom stereocenters. The molecule has 4 heteroatoms. The Morgan fingerprint density at radius 3 is 2.89 bits per heavy atom. The van der Waals surface area contributed by atoms with Gasteiger partial charge in [0.15, 0.2) is 0 Å². The van der Waals surface area contributed by atoms with E-state index in [1.807, 2.05) is 31.3 Å². The molecule has 0 radical (unpaired) electrons. The third-order valence-electron chi connectivity index (χ3n) is 3.71. The lowest BCUT2D eigenvalue weighted by Crippen LogP contribution is -2.42. The minimum Gasteiger partial charge on any atom is -0.341 e. The molecule has 1 amide bonds. The second-order valence-electron chi connectivity index (χ2n) is 5.36. The molecule has 19 heavy (non-hydrogen) atoms. The van der Waals surface area contributed by atoms with Crippen LogP contribution in [0.1, 0.15) is 25.3 Å². The first-order chi connectivity index (χ1) is 9.08. The van der Waals surface area contributed by atoms with Crippen molar-refractivity contribution in [1.29, 1.82) is 0 Å². The third kappa shape index (κ3) is 3.71. The van der Waals surface area contributed by atoms with Crippen molar-refractivity contribution in [1.82, 2.24) is 10.2 Å². The first-order valence-electron chi connectivity index (χ1n) is 6.79. The van der Waals surface area contributed by atoms with Crippen molar-refractivity contribution in [2.75, 3.05) is 13.6 Å². The van der Waals surface area contributed by atoms with Crippen LogP contribution in [-0.2, 0) is 11.3 Å². The van der Waals surface area contributed by atoms with Crippen LogP contribution in [-0.4, -0.2) is 30.4 Å². The molecule has 1 N–H and O–H groups in total. The molecule has 104 valence electrons. The molecule has 1 aliphatic rings. The van der Waals surface area contributed by atoms with E-state index in [2.05, 4.69) is 12.2 Å². The molecular weight excluding hydrogens is 260 g/mol. The molecular formula is C15H21ClN2O. The third-order valence-corrected chi connectivity index (χ3v) is 4.08. The molecule has 0 bridgehead atoms. The fourth-order valence-electron chi connectivity index (χ4n) is 2.63. The summed E-state index contributed by atoms with van der Waals surface area (Å²) in [4.78, 5) is 14.2. The van der Waals surface area contributed by atoms with Crippen LogP contribution in [0, 0.1) is 5.92 Å². The number of nitrogens with zero attached hydrogens (tertiary/aromatic N) is 1. The highest BCUT2D eigenvalue weighted by Gasteiger charge is 2.27. The summed E-state index contributed by atoms with van der Waals surface area (Å²) in [7, 11) is 1.86. The Kier molecular flexibility index (Phi) is 4.83. The Morgan fingerprint density at radius 1 is 1.47 bits per heavy atom. The summed E-state index contributed by atoms with van der Waals surface area (Å²) in [5.41, 5.74) is 1.00. The van der Waals surface area contributed by atoms with Gasteiger partial charge in [0.25, 0.3) is 0 Å². The van der Waals surface area contributed by atoms with Gasteiger partial charge in [-0.2, -0.15) is 0 Å². The highest BCUT2D eigenvalue weighted by atomic mass is 35.5. The Hall–Kier alpha value is -1.06. The Morgan fingerprint density at radius 2 is 2.21 bits per heavy atom. The van der Waals surface area contributed by atoms with E-state index in [9.17, 15) is 4.79 Å². The van der Waals surface area contributed by atoms with Gasteiger partial charge in [-0.15, -0.1) is 0 Å². The fraction of sp³-hybridized carbons (Fsp3) is 0.533. The standard InChI is InChI=1S/C15H21ClN2O/c1-11-9-12(7-8-17-11)15(19)18(2)10-13-5-3-4-6-14(13)16/h3-6,11-12,17H,7-10H2,1-2H3. The van der Waals surface area contributed by atoms with Crippen molar-refractivity contribution in [3.8, 4) is 0 Å². The van der Waals surface area contributed by atoms with Crippen LogP contribution in [0.2, 0.25) is 5.02 Å². The molecule has 0 saturated carbocycles. The summed E-state index contributed by atoms with van der Waals surface area (Å²) in [6.45, 7) is 3.64. The van der Waals surface area contributed by atoms with Crippen LogP contribution < -0.4 is 5.32 Å². The summed E-state index contributed by atoms with van der Waals surface area (Å²) in [5.74, 6) is 0.372. The number of nitrogens with one attached hydrogen (secondary N) is 1. The molecule has 0 aliphatic carbocycles. The minimum absolute atomic E-state index is 0.142. The van der Waals surface area contributed by atoms with E-state index in [1.165, 1.54) is 0 Å². The van der Waals surface area contributed by atoms with E-state index in [0.717, 1.165) is 30.0 Å². The highest BCUT2D eigenvalue weighted by molar-refractivity contribution is 6.31. The minimum atomic E-state index is 0.142. The number of carbonyl (C=O) groups is 1. The molecule has 0 aromatic heterocycles. The number of amides is 1. The van der Waals surface area contributed by atoms with Crippen molar-refractivity contribution in [3.05, 3.63) is 34.9 Å². The lowest BCUT2D eigenvalue weighted by atomic mass is 9.92. The summed E-state index contributed by atoms with van der Waals surface area (Å²) in [5, 5.41) is 4.10. The predicted molar refractivity (Wildman–Crippen MR) is 78.1 cm³/mol. The Labute approximate surface area is 119 Å². The van der Waals surface area contributed by atoms with Gasteiger partial charge in [-0.1, -0.05) is 29.8 Å². The molecule has 2 rings (SSSR count). The average Bonchev–Trinajstić information content (AvgIpc) is 2.40.